The minimum atomic E-state index is -5.04. The van der Waals surface area contributed by atoms with Crippen molar-refractivity contribution in [2.75, 3.05) is 24.7 Å². The first-order valence-electron chi connectivity index (χ1n) is 10.6. The first-order chi connectivity index (χ1) is 17.1. The van der Waals surface area contributed by atoms with Crippen molar-refractivity contribution >= 4 is 42.6 Å². The maximum atomic E-state index is 13.0. The zero-order chi connectivity index (χ0) is 27.6. The summed E-state index contributed by atoms with van der Waals surface area (Å²) in [5.74, 6) is -4.01. The van der Waals surface area contributed by atoms with E-state index in [0.29, 0.717) is 10.8 Å². The van der Waals surface area contributed by atoms with E-state index in [9.17, 15) is 39.9 Å². The molecule has 0 saturated heterocycles. The lowest BCUT2D eigenvalue weighted by Crippen LogP contribution is -2.45. The average molecular weight is 561 g/mol. The molecular weight excluding hydrogens is 537 g/mol. The molecule has 9 nitrogen and oxygen atoms in total. The fourth-order valence-electron chi connectivity index (χ4n) is 3.61. The molecule has 200 valence electrons. The minimum absolute atomic E-state index is 0.0669. The Hall–Kier alpha value is -3.36. The summed E-state index contributed by atoms with van der Waals surface area (Å²) in [4.78, 5) is 13.2. The van der Waals surface area contributed by atoms with Crippen molar-refractivity contribution in [2.45, 2.75) is 23.5 Å². The van der Waals surface area contributed by atoms with E-state index in [2.05, 4.69) is 0 Å². The minimum Gasteiger partial charge on any atom is -0.480 e. The number of carboxylic acids is 1. The van der Waals surface area contributed by atoms with E-state index in [-0.39, 0.29) is 16.2 Å². The van der Waals surface area contributed by atoms with Crippen LogP contribution in [-0.2, 0) is 31.4 Å². The first-order valence-corrected chi connectivity index (χ1v) is 13.7. The van der Waals surface area contributed by atoms with Gasteiger partial charge >= 0.3 is 22.3 Å². The molecular formula is C23H23F3N2O7S2. The Morgan fingerprint density at radius 3 is 2.14 bits per heavy atom. The smallest absolute Gasteiger partial charge is 0.404 e. The number of carboxylic acid groups (broad SMARTS) is 1. The SMILES string of the molecule is CN(C)c1cccc2c(S(=O)(=O)Oc3ccc(C[C@H](NS(=O)(=O)CC(F)(F)F)C(=O)O)cc3)cccc12. The number of benzene rings is 3. The highest BCUT2D eigenvalue weighted by Gasteiger charge is 2.37. The molecule has 0 amide bonds. The standard InChI is InChI=1S/C23H23F3N2O7S2/c1-28(2)20-7-3-6-18-17(20)5-4-8-21(18)37(33,34)35-16-11-9-15(10-12-16)13-19(22(29)30)27-36(31,32)14-23(24,25)26/h3-12,19,27H,13-14H2,1-2H3,(H,29,30)/t19-/m0/s1. The van der Waals surface area contributed by atoms with E-state index in [1.54, 1.807) is 24.3 Å². The molecule has 0 radical (unpaired) electrons. The number of halogens is 3. The van der Waals surface area contributed by atoms with Gasteiger partial charge in [0, 0.05) is 30.6 Å². The number of anilines is 1. The van der Waals surface area contributed by atoms with Crippen molar-refractivity contribution in [1.29, 1.82) is 0 Å². The summed E-state index contributed by atoms with van der Waals surface area (Å²) in [7, 11) is -5.59. The Morgan fingerprint density at radius 1 is 0.973 bits per heavy atom. The van der Waals surface area contributed by atoms with Crippen LogP contribution in [0.4, 0.5) is 18.9 Å². The van der Waals surface area contributed by atoms with E-state index in [0.717, 1.165) is 5.69 Å². The summed E-state index contributed by atoms with van der Waals surface area (Å²) in [6.07, 6.45) is -5.53. The van der Waals surface area contributed by atoms with Crippen LogP contribution in [0.5, 0.6) is 5.75 Å². The molecule has 2 N–H and O–H groups in total. The number of nitrogens with zero attached hydrogens (tertiary/aromatic N) is 1. The number of carbonyl (C=O) groups is 1. The molecule has 0 aromatic heterocycles. The molecule has 0 saturated carbocycles. The average Bonchev–Trinajstić information content (AvgIpc) is 2.76. The zero-order valence-electron chi connectivity index (χ0n) is 19.6. The molecule has 0 unspecified atom stereocenters. The van der Waals surface area contributed by atoms with Gasteiger partial charge in [-0.05, 0) is 36.2 Å². The van der Waals surface area contributed by atoms with E-state index in [4.69, 9.17) is 4.18 Å². The third kappa shape index (κ3) is 7.33. The normalized spacial score (nSPS) is 13.3. The Kier molecular flexibility index (Phi) is 8.05. The van der Waals surface area contributed by atoms with Crippen molar-refractivity contribution < 1.29 is 44.1 Å². The number of alkyl halides is 3. The molecule has 3 aromatic rings. The lowest BCUT2D eigenvalue weighted by Gasteiger charge is -2.17. The number of fused-ring (bicyclic) bond motifs is 1. The Bertz CT molecular complexity index is 1510. The summed E-state index contributed by atoms with van der Waals surface area (Å²) in [5, 5.41) is 10.4. The van der Waals surface area contributed by atoms with Crippen LogP contribution in [0.3, 0.4) is 0 Å². The lowest BCUT2D eigenvalue weighted by molar-refractivity contribution is -0.139. The molecule has 0 spiro atoms. The number of hydrogen-bond acceptors (Lipinski definition) is 7. The number of aliphatic carboxylic acids is 1. The third-order valence-electron chi connectivity index (χ3n) is 5.15. The monoisotopic (exact) mass is 560 g/mol. The van der Waals surface area contributed by atoms with Gasteiger partial charge < -0.3 is 14.2 Å². The van der Waals surface area contributed by atoms with Gasteiger partial charge in [-0.25, -0.2) is 13.1 Å². The number of hydrogen-bond donors (Lipinski definition) is 2. The van der Waals surface area contributed by atoms with Crippen molar-refractivity contribution in [1.82, 2.24) is 4.72 Å². The fraction of sp³-hybridized carbons (Fsp3) is 0.261. The van der Waals surface area contributed by atoms with Crippen molar-refractivity contribution in [3.63, 3.8) is 0 Å². The van der Waals surface area contributed by atoms with E-state index in [1.165, 1.54) is 35.1 Å². The molecule has 3 rings (SSSR count). The van der Waals surface area contributed by atoms with Gasteiger partial charge in [-0.2, -0.15) is 21.6 Å². The fourth-order valence-corrected chi connectivity index (χ4v) is 5.89. The van der Waals surface area contributed by atoms with Gasteiger partial charge in [0.25, 0.3) is 0 Å². The highest BCUT2D eigenvalue weighted by Crippen LogP contribution is 2.31. The predicted molar refractivity (Wildman–Crippen MR) is 131 cm³/mol. The lowest BCUT2D eigenvalue weighted by atomic mass is 10.1. The molecule has 0 aliphatic carbocycles. The van der Waals surface area contributed by atoms with Gasteiger partial charge in [0.2, 0.25) is 10.0 Å². The predicted octanol–water partition coefficient (Wildman–Crippen LogP) is 3.15. The van der Waals surface area contributed by atoms with Gasteiger partial charge in [0.15, 0.2) is 5.75 Å². The number of rotatable bonds is 10. The molecule has 0 aliphatic heterocycles. The Morgan fingerprint density at radius 2 is 1.57 bits per heavy atom. The zero-order valence-corrected chi connectivity index (χ0v) is 21.2. The molecule has 1 atom stereocenters. The van der Waals surface area contributed by atoms with E-state index in [1.807, 2.05) is 25.1 Å². The highest BCUT2D eigenvalue weighted by atomic mass is 32.2. The highest BCUT2D eigenvalue weighted by molar-refractivity contribution is 7.89. The second kappa shape index (κ2) is 10.6. The van der Waals surface area contributed by atoms with Crippen LogP contribution in [-0.4, -0.2) is 60.0 Å². The first kappa shape index (κ1) is 28.2. The van der Waals surface area contributed by atoms with Crippen LogP contribution in [0.25, 0.3) is 10.8 Å². The van der Waals surface area contributed by atoms with Crippen LogP contribution < -0.4 is 13.8 Å². The van der Waals surface area contributed by atoms with Gasteiger partial charge in [-0.1, -0.05) is 36.4 Å². The number of nitrogens with one attached hydrogen (secondary N) is 1. The Balaban J connectivity index is 1.80. The summed E-state index contributed by atoms with van der Waals surface area (Å²) in [5.41, 5.74) is 1.02. The molecule has 3 aromatic carbocycles. The van der Waals surface area contributed by atoms with E-state index >= 15 is 0 Å². The maximum absolute atomic E-state index is 13.0. The largest absolute Gasteiger partial charge is 0.480 e. The van der Waals surface area contributed by atoms with Crippen LogP contribution in [0.2, 0.25) is 0 Å². The Labute approximate surface area is 211 Å². The van der Waals surface area contributed by atoms with Crippen LogP contribution >= 0.6 is 0 Å². The summed E-state index contributed by atoms with van der Waals surface area (Å²) < 4.78 is 93.5. The van der Waals surface area contributed by atoms with Gasteiger partial charge in [0.1, 0.15) is 16.7 Å². The second-order valence-electron chi connectivity index (χ2n) is 8.29. The van der Waals surface area contributed by atoms with Crippen LogP contribution in [0, 0.1) is 0 Å². The molecule has 37 heavy (non-hydrogen) atoms. The van der Waals surface area contributed by atoms with Crippen molar-refractivity contribution in [3.05, 3.63) is 66.2 Å². The van der Waals surface area contributed by atoms with Crippen molar-refractivity contribution in [3.8, 4) is 5.75 Å². The molecule has 0 fully saturated rings. The quantitative estimate of drug-likeness (QED) is 0.362. The summed E-state index contributed by atoms with van der Waals surface area (Å²) >= 11 is 0. The molecule has 0 heterocycles. The van der Waals surface area contributed by atoms with Gasteiger partial charge in [-0.15, -0.1) is 0 Å². The number of sulfonamides is 1. The third-order valence-corrected chi connectivity index (χ3v) is 7.81. The van der Waals surface area contributed by atoms with E-state index < -0.39 is 50.5 Å². The van der Waals surface area contributed by atoms with Crippen molar-refractivity contribution in [2.24, 2.45) is 0 Å². The topological polar surface area (TPSA) is 130 Å². The molecule has 14 heteroatoms. The summed E-state index contributed by atoms with van der Waals surface area (Å²) in [6.45, 7) is 0. The molecule has 0 aliphatic rings. The second-order valence-corrected chi connectivity index (χ2v) is 11.6. The van der Waals surface area contributed by atoms with Crippen LogP contribution in [0.1, 0.15) is 5.56 Å². The summed E-state index contributed by atoms with van der Waals surface area (Å²) in [6, 6.07) is 13.1. The molecule has 0 bridgehead atoms. The maximum Gasteiger partial charge on any atom is 0.404 e. The van der Waals surface area contributed by atoms with Crippen LogP contribution in [0.15, 0.2) is 65.6 Å². The van der Waals surface area contributed by atoms with Gasteiger partial charge in [-0.3, -0.25) is 4.79 Å². The van der Waals surface area contributed by atoms with Gasteiger partial charge in [0.05, 0.1) is 0 Å².